The Balaban J connectivity index is -0.000000337. The van der Waals surface area contributed by atoms with Gasteiger partial charge in [0.25, 0.3) is 0 Å². The summed E-state index contributed by atoms with van der Waals surface area (Å²) >= 11 is 0. The first kappa shape index (κ1) is 20.7. The second kappa shape index (κ2) is 12.4. The highest BCUT2D eigenvalue weighted by Crippen LogP contribution is 2.05. The number of carboxylic acid groups (broad SMARTS) is 1. The lowest BCUT2D eigenvalue weighted by molar-refractivity contribution is -0.136. The number of carbonyl (C=O) groups is 2. The Hall–Kier alpha value is -1.70. The minimum atomic E-state index is -1.10. The van der Waals surface area contributed by atoms with Gasteiger partial charge in [-0.15, -0.1) is 12.8 Å². The van der Waals surface area contributed by atoms with Crippen LogP contribution in [0.5, 0.6) is 0 Å². The largest absolute Gasteiger partial charge is 0.480 e. The summed E-state index contributed by atoms with van der Waals surface area (Å²) in [7, 11) is 0. The summed E-state index contributed by atoms with van der Waals surface area (Å²) in [6.45, 7) is 8.93. The first-order valence-corrected chi connectivity index (χ1v) is 5.24. The third-order valence-corrected chi connectivity index (χ3v) is 0.783. The number of hydrogen-bond acceptors (Lipinski definition) is 3. The quantitative estimate of drug-likeness (QED) is 0.732. The summed E-state index contributed by atoms with van der Waals surface area (Å²) in [6, 6.07) is 0. The Kier molecular flexibility index (Phi) is 15.0. The molecular weight excluding hydrogens is 222 g/mol. The molecule has 0 fully saturated rings. The summed E-state index contributed by atoms with van der Waals surface area (Å²) in [6.07, 6.45) is 8.53. The fraction of sp³-hybridized carbons (Fsp3) is 0.667. The normalized spacial score (nSPS) is 8.65. The standard InChI is InChI=1S/C7H13NO4.C3H8.C2H2/c1-7(2,3)12-6(11)8-4-5(9)10;1-3-2;1-2/h4H2,1-3H3,(H,8,11)(H,9,10);3H2,1-2H3;1-2H. The molecule has 1 amide bonds. The van der Waals surface area contributed by atoms with Crippen molar-refractivity contribution in [3.8, 4) is 12.8 Å². The van der Waals surface area contributed by atoms with Crippen molar-refractivity contribution in [2.24, 2.45) is 0 Å². The van der Waals surface area contributed by atoms with Crippen LogP contribution in [0.3, 0.4) is 0 Å². The van der Waals surface area contributed by atoms with Crippen molar-refractivity contribution in [2.45, 2.75) is 46.6 Å². The molecule has 2 N–H and O–H groups in total. The van der Waals surface area contributed by atoms with E-state index in [2.05, 4.69) is 32.0 Å². The summed E-state index contributed by atoms with van der Waals surface area (Å²) in [5.41, 5.74) is -0.595. The van der Waals surface area contributed by atoms with Gasteiger partial charge in [-0.25, -0.2) is 4.79 Å². The van der Waals surface area contributed by atoms with E-state index >= 15 is 0 Å². The van der Waals surface area contributed by atoms with Gasteiger partial charge >= 0.3 is 12.1 Å². The molecule has 0 bridgehead atoms. The maximum atomic E-state index is 10.8. The van der Waals surface area contributed by atoms with Gasteiger partial charge in [0.05, 0.1) is 0 Å². The number of ether oxygens (including phenoxy) is 1. The summed E-state index contributed by atoms with van der Waals surface area (Å²) in [5.74, 6) is -1.10. The number of nitrogens with one attached hydrogen (secondary N) is 1. The zero-order valence-corrected chi connectivity index (χ0v) is 11.2. The first-order chi connectivity index (χ1) is 7.72. The van der Waals surface area contributed by atoms with E-state index in [1.807, 2.05) is 0 Å². The minimum Gasteiger partial charge on any atom is -0.480 e. The molecule has 100 valence electrons. The molecule has 0 aromatic carbocycles. The van der Waals surface area contributed by atoms with Gasteiger partial charge in [0.15, 0.2) is 0 Å². The van der Waals surface area contributed by atoms with E-state index in [9.17, 15) is 9.59 Å². The molecule has 5 heteroatoms. The number of rotatable bonds is 2. The van der Waals surface area contributed by atoms with E-state index in [4.69, 9.17) is 9.84 Å². The SMILES string of the molecule is C#C.CC(C)(C)OC(=O)NCC(=O)O.CCC. The molecule has 0 saturated heterocycles. The molecule has 5 nitrogen and oxygen atoms in total. The lowest BCUT2D eigenvalue weighted by Gasteiger charge is -2.19. The number of amides is 1. The predicted molar refractivity (Wildman–Crippen MR) is 67.7 cm³/mol. The van der Waals surface area contributed by atoms with Crippen molar-refractivity contribution in [3.05, 3.63) is 0 Å². The highest BCUT2D eigenvalue weighted by atomic mass is 16.6. The maximum Gasteiger partial charge on any atom is 0.408 e. The Bertz CT molecular complexity index is 228. The van der Waals surface area contributed by atoms with Gasteiger partial charge in [0, 0.05) is 0 Å². The van der Waals surface area contributed by atoms with Crippen molar-refractivity contribution in [3.63, 3.8) is 0 Å². The monoisotopic (exact) mass is 245 g/mol. The van der Waals surface area contributed by atoms with E-state index in [-0.39, 0.29) is 0 Å². The second-order valence-electron chi connectivity index (χ2n) is 3.96. The van der Waals surface area contributed by atoms with Gasteiger partial charge in [-0.1, -0.05) is 20.3 Å². The number of carboxylic acids is 1. The van der Waals surface area contributed by atoms with Gasteiger partial charge in [-0.3, -0.25) is 4.79 Å². The van der Waals surface area contributed by atoms with Crippen LogP contribution in [0.25, 0.3) is 0 Å². The molecule has 0 aliphatic carbocycles. The number of carbonyl (C=O) groups excluding carboxylic acids is 1. The van der Waals surface area contributed by atoms with Crippen LogP contribution in [0.15, 0.2) is 0 Å². The predicted octanol–water partition coefficient (Wildman–Crippen LogP) is 2.26. The summed E-state index contributed by atoms with van der Waals surface area (Å²) in [5, 5.41) is 10.3. The fourth-order valence-corrected chi connectivity index (χ4v) is 0.462. The zero-order valence-electron chi connectivity index (χ0n) is 11.2. The van der Waals surface area contributed by atoms with Gasteiger partial charge in [0.1, 0.15) is 12.1 Å². The first-order valence-electron chi connectivity index (χ1n) is 5.24. The third-order valence-electron chi connectivity index (χ3n) is 0.783. The van der Waals surface area contributed by atoms with Crippen molar-refractivity contribution in [1.29, 1.82) is 0 Å². The molecule has 0 spiro atoms. The zero-order chi connectivity index (χ0) is 14.5. The Morgan fingerprint density at radius 1 is 1.24 bits per heavy atom. The van der Waals surface area contributed by atoms with E-state index in [0.717, 1.165) is 0 Å². The highest BCUT2D eigenvalue weighted by Gasteiger charge is 2.15. The Labute approximate surface area is 104 Å². The molecule has 0 radical (unpaired) electrons. The third kappa shape index (κ3) is 31.4. The van der Waals surface area contributed by atoms with Crippen LogP contribution in [0.2, 0.25) is 0 Å². The molecular formula is C12H23NO4. The number of terminal acetylenes is 1. The second-order valence-corrected chi connectivity index (χ2v) is 3.96. The summed E-state index contributed by atoms with van der Waals surface area (Å²) in [4.78, 5) is 20.8. The lowest BCUT2D eigenvalue weighted by Crippen LogP contribution is -2.35. The molecule has 0 aromatic rings. The molecule has 0 aliphatic rings. The van der Waals surface area contributed by atoms with Crippen LogP contribution in [0.4, 0.5) is 4.79 Å². The van der Waals surface area contributed by atoms with Crippen molar-refractivity contribution < 1.29 is 19.4 Å². The number of alkyl carbamates (subject to hydrolysis) is 1. The molecule has 0 aromatic heterocycles. The Morgan fingerprint density at radius 3 is 1.82 bits per heavy atom. The summed E-state index contributed by atoms with van der Waals surface area (Å²) < 4.78 is 4.77. The van der Waals surface area contributed by atoms with E-state index < -0.39 is 24.2 Å². The molecule has 0 atom stereocenters. The van der Waals surface area contributed by atoms with Crippen molar-refractivity contribution in [1.82, 2.24) is 5.32 Å². The Morgan fingerprint density at radius 2 is 1.59 bits per heavy atom. The molecule has 0 aliphatic heterocycles. The lowest BCUT2D eigenvalue weighted by atomic mass is 10.2. The molecule has 17 heavy (non-hydrogen) atoms. The molecule has 0 saturated carbocycles. The molecule has 0 rings (SSSR count). The van der Waals surface area contributed by atoms with E-state index in [1.54, 1.807) is 20.8 Å². The van der Waals surface area contributed by atoms with Crippen LogP contribution in [-0.4, -0.2) is 29.3 Å². The van der Waals surface area contributed by atoms with E-state index in [0.29, 0.717) is 0 Å². The number of hydrogen-bond donors (Lipinski definition) is 2. The smallest absolute Gasteiger partial charge is 0.408 e. The van der Waals surface area contributed by atoms with Gasteiger partial charge in [-0.2, -0.15) is 0 Å². The van der Waals surface area contributed by atoms with Crippen molar-refractivity contribution in [2.75, 3.05) is 6.54 Å². The van der Waals surface area contributed by atoms with Crippen LogP contribution in [0.1, 0.15) is 41.0 Å². The van der Waals surface area contributed by atoms with Gasteiger partial charge < -0.3 is 15.2 Å². The van der Waals surface area contributed by atoms with Crippen molar-refractivity contribution >= 4 is 12.1 Å². The molecule has 0 heterocycles. The maximum absolute atomic E-state index is 10.8. The highest BCUT2D eigenvalue weighted by molar-refractivity contribution is 5.76. The van der Waals surface area contributed by atoms with Gasteiger partial charge in [-0.05, 0) is 20.8 Å². The molecule has 0 unspecified atom stereocenters. The van der Waals surface area contributed by atoms with Crippen LogP contribution >= 0.6 is 0 Å². The van der Waals surface area contributed by atoms with E-state index in [1.165, 1.54) is 6.42 Å². The number of aliphatic carboxylic acids is 1. The average Bonchev–Trinajstić information content (AvgIpc) is 2.16. The van der Waals surface area contributed by atoms with Crippen LogP contribution < -0.4 is 5.32 Å². The minimum absolute atomic E-state index is 0.422. The fourth-order valence-electron chi connectivity index (χ4n) is 0.462. The van der Waals surface area contributed by atoms with Gasteiger partial charge in [0.2, 0.25) is 0 Å². The van der Waals surface area contributed by atoms with Crippen LogP contribution in [0, 0.1) is 12.8 Å². The van der Waals surface area contributed by atoms with Crippen LogP contribution in [-0.2, 0) is 9.53 Å². The average molecular weight is 245 g/mol. The topological polar surface area (TPSA) is 75.6 Å².